The number of carbonyl (C=O) groups excluding carboxylic acids is 1. The summed E-state index contributed by atoms with van der Waals surface area (Å²) in [6.07, 6.45) is 1.13. The molecule has 2 aromatic carbocycles. The number of carboxylic acid groups (broad SMARTS) is 1. The van der Waals surface area contributed by atoms with Crippen LogP contribution in [0.25, 0.3) is 11.1 Å². The van der Waals surface area contributed by atoms with Gasteiger partial charge in [-0.3, -0.25) is 4.79 Å². The quantitative estimate of drug-likeness (QED) is 0.869. The number of hydrogen-bond acceptors (Lipinski definition) is 5. The molecule has 0 bridgehead atoms. The number of rotatable bonds is 6. The molecule has 1 aliphatic carbocycles. The summed E-state index contributed by atoms with van der Waals surface area (Å²) in [4.78, 5) is 23.0. The van der Waals surface area contributed by atoms with Crippen molar-refractivity contribution in [3.8, 4) is 28.4 Å². The number of ether oxygens (including phenoxy) is 3. The largest absolute Gasteiger partial charge is 0.493 e. The van der Waals surface area contributed by atoms with Crippen LogP contribution in [0.3, 0.4) is 0 Å². The predicted octanol–water partition coefficient (Wildman–Crippen LogP) is 2.96. The first kappa shape index (κ1) is 16.8. The fourth-order valence-corrected chi connectivity index (χ4v) is 3.13. The minimum Gasteiger partial charge on any atom is -0.493 e. The molecular weight excluding hydrogens is 324 g/mol. The highest BCUT2D eigenvalue weighted by Gasteiger charge is 2.26. The molecule has 0 heterocycles. The number of fused-ring (bicyclic) bond motifs is 1. The second kappa shape index (κ2) is 6.84. The van der Waals surface area contributed by atoms with Crippen molar-refractivity contribution in [1.29, 1.82) is 0 Å². The molecule has 25 heavy (non-hydrogen) atoms. The van der Waals surface area contributed by atoms with Gasteiger partial charge < -0.3 is 19.3 Å². The molecule has 0 atom stereocenters. The molecule has 0 saturated heterocycles. The second-order valence-electron chi connectivity index (χ2n) is 5.62. The van der Waals surface area contributed by atoms with Crippen LogP contribution in [0.15, 0.2) is 30.3 Å². The molecule has 130 valence electrons. The van der Waals surface area contributed by atoms with Crippen LogP contribution in [0.5, 0.6) is 17.2 Å². The SMILES string of the molecule is COc1ccc(-c2cccc3c2CCC3=O)c(OCC(=O)O)c1OC. The van der Waals surface area contributed by atoms with Gasteiger partial charge in [-0.15, -0.1) is 0 Å². The van der Waals surface area contributed by atoms with Gasteiger partial charge >= 0.3 is 5.97 Å². The number of ketones is 1. The first-order valence-electron chi connectivity index (χ1n) is 7.81. The van der Waals surface area contributed by atoms with Gasteiger partial charge in [0.05, 0.1) is 14.2 Å². The zero-order valence-electron chi connectivity index (χ0n) is 14.0. The highest BCUT2D eigenvalue weighted by molar-refractivity contribution is 6.02. The summed E-state index contributed by atoms with van der Waals surface area (Å²) in [7, 11) is 2.96. The summed E-state index contributed by atoms with van der Waals surface area (Å²) in [5.41, 5.74) is 3.16. The van der Waals surface area contributed by atoms with Crippen LogP contribution in [-0.4, -0.2) is 37.7 Å². The Hall–Kier alpha value is -3.02. The van der Waals surface area contributed by atoms with Crippen molar-refractivity contribution in [2.75, 3.05) is 20.8 Å². The van der Waals surface area contributed by atoms with Crippen molar-refractivity contribution >= 4 is 11.8 Å². The molecular formula is C19H18O6. The lowest BCUT2D eigenvalue weighted by atomic mass is 9.95. The standard InChI is InChI=1S/C19H18O6/c1-23-16-9-7-14(18(19(16)24-2)25-10-17(21)22)11-4-3-5-13-12(11)6-8-15(13)20/h3-5,7,9H,6,8,10H2,1-2H3,(H,21,22). The smallest absolute Gasteiger partial charge is 0.341 e. The average Bonchev–Trinajstić information content (AvgIpc) is 3.00. The van der Waals surface area contributed by atoms with Gasteiger partial charge in [0.1, 0.15) is 0 Å². The number of carboxylic acids is 1. The van der Waals surface area contributed by atoms with Gasteiger partial charge in [-0.1, -0.05) is 18.2 Å². The number of benzene rings is 2. The molecule has 3 rings (SSSR count). The Kier molecular flexibility index (Phi) is 4.61. The monoisotopic (exact) mass is 342 g/mol. The van der Waals surface area contributed by atoms with Gasteiger partial charge in [-0.25, -0.2) is 4.79 Å². The van der Waals surface area contributed by atoms with E-state index in [0.29, 0.717) is 35.5 Å². The maximum atomic E-state index is 12.0. The Morgan fingerprint density at radius 3 is 2.44 bits per heavy atom. The number of Topliss-reactive ketones (excluding diaryl/α,β-unsaturated/α-hetero) is 1. The summed E-state index contributed by atoms with van der Waals surface area (Å²) in [6.45, 7) is -0.509. The zero-order valence-corrected chi connectivity index (χ0v) is 14.0. The lowest BCUT2D eigenvalue weighted by Crippen LogP contribution is -2.11. The number of aliphatic carboxylic acids is 1. The lowest BCUT2D eigenvalue weighted by Gasteiger charge is -2.18. The summed E-state index contributed by atoms with van der Waals surface area (Å²) in [6, 6.07) is 9.04. The van der Waals surface area contributed by atoms with Gasteiger partial charge in [0, 0.05) is 17.5 Å². The normalized spacial score (nSPS) is 12.6. The lowest BCUT2D eigenvalue weighted by molar-refractivity contribution is -0.139. The van der Waals surface area contributed by atoms with E-state index in [1.54, 1.807) is 12.1 Å². The molecule has 0 spiro atoms. The van der Waals surface area contributed by atoms with Crippen LogP contribution < -0.4 is 14.2 Å². The number of hydrogen-bond donors (Lipinski definition) is 1. The molecule has 0 aliphatic heterocycles. The fraction of sp³-hybridized carbons (Fsp3) is 0.263. The third-order valence-corrected chi connectivity index (χ3v) is 4.21. The van der Waals surface area contributed by atoms with E-state index >= 15 is 0 Å². The van der Waals surface area contributed by atoms with Crippen LogP contribution in [0.1, 0.15) is 22.3 Å². The molecule has 1 N–H and O–H groups in total. The number of carbonyl (C=O) groups is 2. The summed E-state index contributed by atoms with van der Waals surface area (Å²) >= 11 is 0. The van der Waals surface area contributed by atoms with Crippen molar-refractivity contribution in [2.45, 2.75) is 12.8 Å². The van der Waals surface area contributed by atoms with Gasteiger partial charge in [0.15, 0.2) is 23.9 Å². The van der Waals surface area contributed by atoms with Gasteiger partial charge in [-0.05, 0) is 29.7 Å². The summed E-state index contributed by atoms with van der Waals surface area (Å²) in [5.74, 6) is 0.0742. The predicted molar refractivity (Wildman–Crippen MR) is 90.8 cm³/mol. The first-order valence-corrected chi connectivity index (χ1v) is 7.81. The molecule has 0 unspecified atom stereocenters. The van der Waals surface area contributed by atoms with E-state index < -0.39 is 12.6 Å². The number of methoxy groups -OCH3 is 2. The van der Waals surface area contributed by atoms with Crippen LogP contribution in [0.2, 0.25) is 0 Å². The van der Waals surface area contributed by atoms with Crippen molar-refractivity contribution in [1.82, 2.24) is 0 Å². The maximum Gasteiger partial charge on any atom is 0.341 e. The molecule has 0 amide bonds. The van der Waals surface area contributed by atoms with E-state index in [2.05, 4.69) is 0 Å². The molecule has 2 aromatic rings. The van der Waals surface area contributed by atoms with Gasteiger partial charge in [-0.2, -0.15) is 0 Å². The topological polar surface area (TPSA) is 82.1 Å². The molecule has 0 aromatic heterocycles. The van der Waals surface area contributed by atoms with Gasteiger partial charge in [0.2, 0.25) is 5.75 Å². The van der Waals surface area contributed by atoms with Crippen LogP contribution in [0.4, 0.5) is 0 Å². The zero-order chi connectivity index (χ0) is 18.0. The highest BCUT2D eigenvalue weighted by atomic mass is 16.5. The maximum absolute atomic E-state index is 12.0. The minimum atomic E-state index is -1.09. The van der Waals surface area contributed by atoms with E-state index in [-0.39, 0.29) is 11.5 Å². The van der Waals surface area contributed by atoms with E-state index in [4.69, 9.17) is 19.3 Å². The molecule has 6 nitrogen and oxygen atoms in total. The molecule has 6 heteroatoms. The highest BCUT2D eigenvalue weighted by Crippen LogP contribution is 2.46. The van der Waals surface area contributed by atoms with Gasteiger partial charge in [0.25, 0.3) is 0 Å². The molecule has 1 aliphatic rings. The van der Waals surface area contributed by atoms with Crippen LogP contribution >= 0.6 is 0 Å². The molecule has 0 radical (unpaired) electrons. The van der Waals surface area contributed by atoms with E-state index in [1.807, 2.05) is 18.2 Å². The van der Waals surface area contributed by atoms with Crippen molar-refractivity contribution in [2.24, 2.45) is 0 Å². The minimum absolute atomic E-state index is 0.116. The Balaban J connectivity index is 2.19. The third-order valence-electron chi connectivity index (χ3n) is 4.21. The van der Waals surface area contributed by atoms with Crippen molar-refractivity contribution in [3.63, 3.8) is 0 Å². The summed E-state index contributed by atoms with van der Waals surface area (Å²) in [5, 5.41) is 8.97. The van der Waals surface area contributed by atoms with Crippen molar-refractivity contribution < 1.29 is 28.9 Å². The Morgan fingerprint density at radius 2 is 1.76 bits per heavy atom. The Bertz CT molecular complexity index is 840. The third kappa shape index (κ3) is 3.03. The van der Waals surface area contributed by atoms with E-state index in [9.17, 15) is 9.59 Å². The molecule has 0 saturated carbocycles. The fourth-order valence-electron chi connectivity index (χ4n) is 3.13. The summed E-state index contributed by atoms with van der Waals surface area (Å²) < 4.78 is 16.2. The average molecular weight is 342 g/mol. The molecule has 0 fully saturated rings. The van der Waals surface area contributed by atoms with Crippen molar-refractivity contribution in [3.05, 3.63) is 41.5 Å². The van der Waals surface area contributed by atoms with Crippen LogP contribution in [0, 0.1) is 0 Å². The Morgan fingerprint density at radius 1 is 1.00 bits per heavy atom. The first-order chi connectivity index (χ1) is 12.1. The van der Waals surface area contributed by atoms with E-state index in [0.717, 1.165) is 11.1 Å². The van der Waals surface area contributed by atoms with E-state index in [1.165, 1.54) is 14.2 Å². The Labute approximate surface area is 144 Å². The van der Waals surface area contributed by atoms with Crippen LogP contribution in [-0.2, 0) is 11.2 Å². The second-order valence-corrected chi connectivity index (χ2v) is 5.62.